The topological polar surface area (TPSA) is 78.9 Å². The van der Waals surface area contributed by atoms with Crippen LogP contribution >= 0.6 is 0 Å². The zero-order chi connectivity index (χ0) is 46.8. The van der Waals surface area contributed by atoms with E-state index in [-0.39, 0.29) is 31.1 Å². The zero-order valence-corrected chi connectivity index (χ0v) is 43.9. The van der Waals surface area contributed by atoms with Gasteiger partial charge in [0.25, 0.3) is 0 Å². The smallest absolute Gasteiger partial charge is 0.306 e. The van der Waals surface area contributed by atoms with Gasteiger partial charge in [0.05, 0.1) is 0 Å². The normalized spacial score (nSPS) is 12.0. The molecule has 0 aromatic rings. The average Bonchev–Trinajstić information content (AvgIpc) is 3.27. The van der Waals surface area contributed by atoms with Crippen molar-refractivity contribution in [1.29, 1.82) is 0 Å². The molecule has 0 saturated heterocycles. The van der Waals surface area contributed by atoms with E-state index in [1.54, 1.807) is 0 Å². The fourth-order valence-electron chi connectivity index (χ4n) is 8.87. The number of hydrogen-bond donors (Lipinski definition) is 0. The number of carbonyl (C=O) groups excluding carboxylic acids is 3. The summed E-state index contributed by atoms with van der Waals surface area (Å²) in [5.74, 6) is 0.809. The summed E-state index contributed by atoms with van der Waals surface area (Å²) in [4.78, 5) is 38.1. The molecule has 0 unspecified atom stereocenters. The van der Waals surface area contributed by atoms with Crippen LogP contribution in [0, 0.1) is 11.8 Å². The Morgan fingerprint density at radius 2 is 0.516 bits per heavy atom. The highest BCUT2D eigenvalue weighted by Gasteiger charge is 2.19. The van der Waals surface area contributed by atoms with Crippen LogP contribution in [0.25, 0.3) is 0 Å². The first-order valence-electron chi connectivity index (χ1n) is 28.7. The average molecular weight is 906 g/mol. The third-order valence-electron chi connectivity index (χ3n) is 13.2. The largest absolute Gasteiger partial charge is 0.462 e. The van der Waals surface area contributed by atoms with Crippen LogP contribution in [-0.4, -0.2) is 37.2 Å². The lowest BCUT2D eigenvalue weighted by Gasteiger charge is -2.18. The van der Waals surface area contributed by atoms with E-state index in [1.165, 1.54) is 212 Å². The van der Waals surface area contributed by atoms with E-state index in [0.29, 0.717) is 19.3 Å². The van der Waals surface area contributed by atoms with Crippen LogP contribution < -0.4 is 0 Å². The lowest BCUT2D eigenvalue weighted by Crippen LogP contribution is -2.30. The zero-order valence-electron chi connectivity index (χ0n) is 43.9. The molecule has 0 bridgehead atoms. The molecule has 0 saturated carbocycles. The van der Waals surface area contributed by atoms with Crippen molar-refractivity contribution in [2.75, 3.05) is 13.2 Å². The van der Waals surface area contributed by atoms with Gasteiger partial charge in [0, 0.05) is 19.3 Å². The summed E-state index contributed by atoms with van der Waals surface area (Å²) in [6.45, 7) is 11.4. The van der Waals surface area contributed by atoms with E-state index in [1.807, 2.05) is 0 Å². The van der Waals surface area contributed by atoms with Crippen LogP contribution in [0.3, 0.4) is 0 Å². The molecule has 0 aromatic carbocycles. The van der Waals surface area contributed by atoms with Gasteiger partial charge in [-0.05, 0) is 31.1 Å². The molecule has 6 nitrogen and oxygen atoms in total. The molecule has 0 aliphatic heterocycles. The van der Waals surface area contributed by atoms with Gasteiger partial charge in [-0.2, -0.15) is 0 Å². The van der Waals surface area contributed by atoms with Crippen molar-refractivity contribution < 1.29 is 28.6 Å². The van der Waals surface area contributed by atoms with E-state index in [2.05, 4.69) is 34.6 Å². The van der Waals surface area contributed by atoms with Crippen molar-refractivity contribution in [3.05, 3.63) is 0 Å². The summed E-state index contributed by atoms with van der Waals surface area (Å²) in [7, 11) is 0. The molecule has 6 heteroatoms. The summed E-state index contributed by atoms with van der Waals surface area (Å²) >= 11 is 0. The van der Waals surface area contributed by atoms with Gasteiger partial charge in [-0.15, -0.1) is 0 Å². The van der Waals surface area contributed by atoms with Crippen LogP contribution in [0.2, 0.25) is 0 Å². The van der Waals surface area contributed by atoms with Gasteiger partial charge in [0.2, 0.25) is 0 Å². The third-order valence-corrected chi connectivity index (χ3v) is 13.2. The summed E-state index contributed by atoms with van der Waals surface area (Å²) in [6, 6.07) is 0. The second-order valence-corrected chi connectivity index (χ2v) is 20.9. The van der Waals surface area contributed by atoms with Gasteiger partial charge < -0.3 is 14.2 Å². The Bertz CT molecular complexity index is 978. The van der Waals surface area contributed by atoms with E-state index >= 15 is 0 Å². The molecular weight excluding hydrogens is 793 g/mol. The van der Waals surface area contributed by atoms with Crippen molar-refractivity contribution in [2.45, 2.75) is 330 Å². The van der Waals surface area contributed by atoms with Gasteiger partial charge in [0.1, 0.15) is 13.2 Å². The number of rotatable bonds is 52. The minimum Gasteiger partial charge on any atom is -0.462 e. The van der Waals surface area contributed by atoms with Crippen LogP contribution in [-0.2, 0) is 28.6 Å². The maximum Gasteiger partial charge on any atom is 0.306 e. The maximum atomic E-state index is 12.8. The molecule has 0 N–H and O–H groups in total. The first-order chi connectivity index (χ1) is 31.2. The quantitative estimate of drug-likeness (QED) is 0.0344. The van der Waals surface area contributed by atoms with Crippen LogP contribution in [0.5, 0.6) is 0 Å². The first kappa shape index (κ1) is 62.4. The van der Waals surface area contributed by atoms with Crippen molar-refractivity contribution >= 4 is 17.9 Å². The Hall–Kier alpha value is -1.59. The second-order valence-electron chi connectivity index (χ2n) is 20.9. The molecule has 380 valence electrons. The fraction of sp³-hybridized carbons (Fsp3) is 0.948. The monoisotopic (exact) mass is 905 g/mol. The second kappa shape index (κ2) is 50.8. The van der Waals surface area contributed by atoms with E-state index in [4.69, 9.17) is 14.2 Å². The molecule has 0 aliphatic rings. The van der Waals surface area contributed by atoms with Gasteiger partial charge in [0.15, 0.2) is 6.10 Å². The van der Waals surface area contributed by atoms with Crippen molar-refractivity contribution in [3.8, 4) is 0 Å². The van der Waals surface area contributed by atoms with Crippen molar-refractivity contribution in [3.63, 3.8) is 0 Å². The van der Waals surface area contributed by atoms with Gasteiger partial charge in [-0.3, -0.25) is 14.4 Å². The lowest BCUT2D eigenvalue weighted by atomic mass is 10.0. The predicted molar refractivity (Wildman–Crippen MR) is 275 cm³/mol. The molecule has 0 radical (unpaired) electrons. The Kier molecular flexibility index (Phi) is 49.6. The standard InChI is InChI=1S/C58H112O6/c1-6-7-8-9-10-11-12-13-14-15-16-17-18-22-28-33-38-43-48-56(59)62-51-55(64-58(61)50-45-40-35-30-25-24-27-32-37-42-47-54(4)5)52-63-57(60)49-44-39-34-29-23-20-19-21-26-31-36-41-46-53(2)3/h53-55H,6-52H2,1-5H3/t55-/m0/s1. The van der Waals surface area contributed by atoms with Crippen molar-refractivity contribution in [2.24, 2.45) is 11.8 Å². The van der Waals surface area contributed by atoms with Crippen LogP contribution in [0.4, 0.5) is 0 Å². The summed E-state index contributed by atoms with van der Waals surface area (Å²) in [5.41, 5.74) is 0. The summed E-state index contributed by atoms with van der Waals surface area (Å²) in [5, 5.41) is 0. The third kappa shape index (κ3) is 51.4. The first-order valence-corrected chi connectivity index (χ1v) is 28.7. The summed E-state index contributed by atoms with van der Waals surface area (Å²) < 4.78 is 16.9. The SMILES string of the molecule is CCCCCCCCCCCCCCCCCCCCC(=O)OC[C@@H](COC(=O)CCCCCCCCCCCCCCC(C)C)OC(=O)CCCCCCCCCCCCC(C)C. The molecule has 0 rings (SSSR count). The highest BCUT2D eigenvalue weighted by atomic mass is 16.6. The predicted octanol–water partition coefficient (Wildman–Crippen LogP) is 18.9. The number of carbonyl (C=O) groups is 3. The Labute approximate surface area is 399 Å². The van der Waals surface area contributed by atoms with Crippen LogP contribution in [0.1, 0.15) is 324 Å². The molecule has 0 fully saturated rings. The van der Waals surface area contributed by atoms with Crippen molar-refractivity contribution in [1.82, 2.24) is 0 Å². The van der Waals surface area contributed by atoms with E-state index in [9.17, 15) is 14.4 Å². The molecule has 0 amide bonds. The van der Waals surface area contributed by atoms with Gasteiger partial charge >= 0.3 is 17.9 Å². The van der Waals surface area contributed by atoms with Gasteiger partial charge in [-0.1, -0.05) is 285 Å². The number of ether oxygens (including phenoxy) is 3. The molecule has 64 heavy (non-hydrogen) atoms. The Morgan fingerprint density at radius 1 is 0.297 bits per heavy atom. The molecule has 1 atom stereocenters. The van der Waals surface area contributed by atoms with Crippen LogP contribution in [0.15, 0.2) is 0 Å². The Morgan fingerprint density at radius 3 is 0.766 bits per heavy atom. The molecule has 0 spiro atoms. The fourth-order valence-corrected chi connectivity index (χ4v) is 8.87. The van der Waals surface area contributed by atoms with Gasteiger partial charge in [-0.25, -0.2) is 0 Å². The highest BCUT2D eigenvalue weighted by molar-refractivity contribution is 5.71. The number of esters is 3. The summed E-state index contributed by atoms with van der Waals surface area (Å²) in [6.07, 6.45) is 53.8. The minimum atomic E-state index is -0.763. The number of hydrogen-bond acceptors (Lipinski definition) is 6. The minimum absolute atomic E-state index is 0.0630. The lowest BCUT2D eigenvalue weighted by molar-refractivity contribution is -0.167. The van der Waals surface area contributed by atoms with E-state index in [0.717, 1.165) is 69.6 Å². The Balaban J connectivity index is 4.28. The van der Waals surface area contributed by atoms with E-state index < -0.39 is 6.10 Å². The molecule has 0 aliphatic carbocycles. The number of unbranched alkanes of at least 4 members (excludes halogenated alkanes) is 37. The molecular formula is C58H112O6. The molecule has 0 aromatic heterocycles. The highest BCUT2D eigenvalue weighted by Crippen LogP contribution is 2.18. The molecule has 0 heterocycles. The maximum absolute atomic E-state index is 12.8.